The first kappa shape index (κ1) is 37.7. The van der Waals surface area contributed by atoms with Gasteiger partial charge in [0.15, 0.2) is 0 Å². The van der Waals surface area contributed by atoms with Crippen LogP contribution < -0.4 is 9.80 Å². The number of nitrogens with zero attached hydrogens (tertiary/aromatic N) is 2. The number of anilines is 4. The predicted molar refractivity (Wildman–Crippen MR) is 242 cm³/mol. The molecule has 2 aliphatic rings. The summed E-state index contributed by atoms with van der Waals surface area (Å²) < 4.78 is 0. The van der Waals surface area contributed by atoms with Gasteiger partial charge in [0.1, 0.15) is 0 Å². The van der Waals surface area contributed by atoms with Gasteiger partial charge in [-0.25, -0.2) is 0 Å². The molecule has 0 aromatic heterocycles. The van der Waals surface area contributed by atoms with Crippen LogP contribution in [0.15, 0.2) is 236 Å². The van der Waals surface area contributed by atoms with Crippen LogP contribution in [-0.4, -0.2) is 0 Å². The van der Waals surface area contributed by atoms with Crippen LogP contribution in [-0.2, 0) is 6.42 Å². The Morgan fingerprint density at radius 2 is 1.04 bits per heavy atom. The van der Waals surface area contributed by atoms with Gasteiger partial charge in [0.2, 0.25) is 0 Å². The summed E-state index contributed by atoms with van der Waals surface area (Å²) in [5.41, 5.74) is 16.0. The van der Waals surface area contributed by atoms with Gasteiger partial charge in [0, 0.05) is 34.1 Å². The van der Waals surface area contributed by atoms with Gasteiger partial charge >= 0.3 is 0 Å². The summed E-state index contributed by atoms with van der Waals surface area (Å²) in [5, 5.41) is 0. The molecule has 276 valence electrons. The van der Waals surface area contributed by atoms with Crippen molar-refractivity contribution in [3.8, 4) is 11.1 Å². The number of hydrogen-bond donors (Lipinski definition) is 0. The topological polar surface area (TPSA) is 6.48 Å². The SMILES string of the molecule is C=C/C=C(\C=C)c1ccc(N(C2=CC=C(C3=CC=C(N(c4ccccc4)c4ccc(C/C=C\C=C/C)cc4)CC3)CC2)c2ccc(-c3ccccc3)cc2)cc1. The van der Waals surface area contributed by atoms with Gasteiger partial charge in [-0.1, -0.05) is 153 Å². The molecule has 2 nitrogen and oxygen atoms in total. The summed E-state index contributed by atoms with van der Waals surface area (Å²) in [5.74, 6) is 0. The fourth-order valence-electron chi connectivity index (χ4n) is 7.52. The molecule has 0 bridgehead atoms. The van der Waals surface area contributed by atoms with Crippen LogP contribution in [0.25, 0.3) is 16.7 Å². The summed E-state index contributed by atoms with van der Waals surface area (Å²) in [6.07, 6.45) is 28.4. The van der Waals surface area contributed by atoms with Crippen molar-refractivity contribution < 1.29 is 0 Å². The highest BCUT2D eigenvalue weighted by atomic mass is 15.2. The number of benzene rings is 5. The van der Waals surface area contributed by atoms with Gasteiger partial charge in [0.05, 0.1) is 0 Å². The highest BCUT2D eigenvalue weighted by molar-refractivity contribution is 5.78. The Morgan fingerprint density at radius 1 is 0.536 bits per heavy atom. The molecule has 5 aromatic carbocycles. The maximum atomic E-state index is 4.01. The van der Waals surface area contributed by atoms with Crippen LogP contribution in [0.5, 0.6) is 0 Å². The Labute approximate surface area is 334 Å². The molecule has 0 unspecified atom stereocenters. The minimum Gasteiger partial charge on any atom is -0.314 e. The second-order valence-electron chi connectivity index (χ2n) is 14.1. The molecular weight excluding hydrogens is 677 g/mol. The molecule has 0 atom stereocenters. The molecule has 0 spiro atoms. The van der Waals surface area contributed by atoms with E-state index in [0.29, 0.717) is 0 Å². The van der Waals surface area contributed by atoms with E-state index in [1.165, 1.54) is 50.6 Å². The summed E-state index contributed by atoms with van der Waals surface area (Å²) in [4.78, 5) is 4.82. The van der Waals surface area contributed by atoms with E-state index in [9.17, 15) is 0 Å². The van der Waals surface area contributed by atoms with E-state index in [4.69, 9.17) is 0 Å². The van der Waals surface area contributed by atoms with Crippen LogP contribution in [0.4, 0.5) is 22.7 Å². The Balaban J connectivity index is 1.16. The second kappa shape index (κ2) is 18.6. The molecule has 5 aromatic rings. The van der Waals surface area contributed by atoms with E-state index in [1.807, 2.05) is 25.2 Å². The van der Waals surface area contributed by atoms with E-state index < -0.39 is 0 Å². The first-order valence-corrected chi connectivity index (χ1v) is 19.7. The van der Waals surface area contributed by atoms with Gasteiger partial charge in [-0.05, 0) is 139 Å². The van der Waals surface area contributed by atoms with Crippen molar-refractivity contribution in [2.45, 2.75) is 39.0 Å². The largest absolute Gasteiger partial charge is 0.314 e. The zero-order valence-electron chi connectivity index (χ0n) is 32.4. The maximum Gasteiger partial charge on any atom is 0.0458 e. The molecule has 0 saturated heterocycles. The standard InChI is InChI=1S/C54H50N2/c1-4-7-8-11-17-42-22-32-50(33-23-42)55(49-20-14-10-15-21-49)51-38-28-47(29-39-51)48-30-40-54(41-31-48)56(52-34-24-45(25-35-52)43(6-3)16-5-2)53-36-26-46(27-37-53)44-18-12-9-13-19-44/h4-16,18-28,30,32-38,40H,2-3,17,29,31,39,41H2,1H3/b7-4-,11-8-,43-16+. The second-order valence-corrected chi connectivity index (χ2v) is 14.1. The Hall–Kier alpha value is -6.64. The molecule has 7 rings (SSSR count). The van der Waals surface area contributed by atoms with Gasteiger partial charge in [0.25, 0.3) is 0 Å². The predicted octanol–water partition coefficient (Wildman–Crippen LogP) is 15.0. The van der Waals surface area contributed by atoms with Crippen molar-refractivity contribution >= 4 is 28.3 Å². The van der Waals surface area contributed by atoms with Gasteiger partial charge < -0.3 is 9.80 Å². The molecule has 2 heteroatoms. The Morgan fingerprint density at radius 3 is 1.54 bits per heavy atom. The van der Waals surface area contributed by atoms with E-state index >= 15 is 0 Å². The monoisotopic (exact) mass is 726 g/mol. The maximum absolute atomic E-state index is 4.01. The van der Waals surface area contributed by atoms with Crippen molar-refractivity contribution in [1.82, 2.24) is 0 Å². The molecule has 2 aliphatic carbocycles. The number of para-hydroxylation sites is 1. The van der Waals surface area contributed by atoms with Crippen LogP contribution in [0, 0.1) is 0 Å². The van der Waals surface area contributed by atoms with Gasteiger partial charge in [-0.3, -0.25) is 0 Å². The molecule has 0 heterocycles. The van der Waals surface area contributed by atoms with Crippen LogP contribution in [0.2, 0.25) is 0 Å². The first-order chi connectivity index (χ1) is 27.6. The van der Waals surface area contributed by atoms with E-state index in [2.05, 4.69) is 205 Å². The lowest BCUT2D eigenvalue weighted by Gasteiger charge is -2.32. The molecule has 0 aliphatic heterocycles. The molecule has 0 N–H and O–H groups in total. The third-order valence-corrected chi connectivity index (χ3v) is 10.5. The zero-order valence-corrected chi connectivity index (χ0v) is 32.4. The zero-order chi connectivity index (χ0) is 38.5. The lowest BCUT2D eigenvalue weighted by Crippen LogP contribution is -2.19. The van der Waals surface area contributed by atoms with E-state index in [-0.39, 0.29) is 0 Å². The average molecular weight is 727 g/mol. The number of hydrogen-bond acceptors (Lipinski definition) is 2. The summed E-state index contributed by atoms with van der Waals surface area (Å²) in [6.45, 7) is 9.94. The smallest absolute Gasteiger partial charge is 0.0458 e. The normalized spacial score (nSPS) is 14.5. The average Bonchev–Trinajstić information content (AvgIpc) is 3.27. The minimum atomic E-state index is 0.921. The van der Waals surface area contributed by atoms with Gasteiger partial charge in [-0.15, -0.1) is 0 Å². The van der Waals surface area contributed by atoms with Gasteiger partial charge in [-0.2, -0.15) is 0 Å². The highest BCUT2D eigenvalue weighted by Crippen LogP contribution is 2.40. The van der Waals surface area contributed by atoms with Crippen LogP contribution >= 0.6 is 0 Å². The third-order valence-electron chi connectivity index (χ3n) is 10.5. The summed E-state index contributed by atoms with van der Waals surface area (Å²) in [7, 11) is 0. The molecule has 0 fully saturated rings. The number of rotatable bonds is 14. The van der Waals surface area contributed by atoms with Crippen molar-refractivity contribution in [3.05, 3.63) is 247 Å². The fraction of sp³-hybridized carbons (Fsp3) is 0.111. The minimum absolute atomic E-state index is 0.921. The Bertz CT molecular complexity index is 2330. The van der Waals surface area contributed by atoms with Crippen LogP contribution in [0.1, 0.15) is 43.7 Å². The Kier molecular flexibility index (Phi) is 12.5. The molecule has 0 saturated carbocycles. The van der Waals surface area contributed by atoms with Crippen LogP contribution in [0.3, 0.4) is 0 Å². The quantitative estimate of drug-likeness (QED) is 0.105. The highest BCUT2D eigenvalue weighted by Gasteiger charge is 2.22. The third kappa shape index (κ3) is 9.00. The molecule has 0 radical (unpaired) electrons. The van der Waals surface area contributed by atoms with Crippen molar-refractivity contribution in [1.29, 1.82) is 0 Å². The number of allylic oxidation sites excluding steroid dienone is 16. The molecule has 56 heavy (non-hydrogen) atoms. The fourth-order valence-corrected chi connectivity index (χ4v) is 7.52. The molecular formula is C54H50N2. The molecule has 0 amide bonds. The lowest BCUT2D eigenvalue weighted by molar-refractivity contribution is 0.827. The first-order valence-electron chi connectivity index (χ1n) is 19.7. The van der Waals surface area contributed by atoms with Crippen molar-refractivity contribution in [2.24, 2.45) is 0 Å². The van der Waals surface area contributed by atoms with E-state index in [0.717, 1.165) is 54.6 Å². The summed E-state index contributed by atoms with van der Waals surface area (Å²) >= 11 is 0. The summed E-state index contributed by atoms with van der Waals surface area (Å²) in [6, 6.07) is 48.1. The van der Waals surface area contributed by atoms with Crippen molar-refractivity contribution in [3.63, 3.8) is 0 Å². The lowest BCUT2D eigenvalue weighted by atomic mass is 9.89. The van der Waals surface area contributed by atoms with E-state index in [1.54, 1.807) is 0 Å². The van der Waals surface area contributed by atoms with Crippen molar-refractivity contribution in [2.75, 3.05) is 9.80 Å².